The van der Waals surface area contributed by atoms with Crippen LogP contribution >= 0.6 is 0 Å². The van der Waals surface area contributed by atoms with Crippen molar-refractivity contribution in [1.29, 1.82) is 0 Å². The first kappa shape index (κ1) is 18.4. The number of aromatic nitrogens is 2. The average molecular weight is 372 g/mol. The van der Waals surface area contributed by atoms with Gasteiger partial charge in [0.05, 0.1) is 19.8 Å². The molecule has 7 heteroatoms. The van der Waals surface area contributed by atoms with Gasteiger partial charge in [0.15, 0.2) is 0 Å². The topological polar surface area (TPSA) is 74.9 Å². The third kappa shape index (κ3) is 4.48. The second-order valence-electron chi connectivity index (χ2n) is 7.54. The number of aliphatic hydroxyl groups is 1. The van der Waals surface area contributed by atoms with Crippen LogP contribution in [-0.4, -0.2) is 70.5 Å². The van der Waals surface area contributed by atoms with E-state index in [9.17, 15) is 5.11 Å². The molecule has 4 rings (SSSR count). The van der Waals surface area contributed by atoms with Crippen molar-refractivity contribution in [2.24, 2.45) is 0 Å². The second-order valence-corrected chi connectivity index (χ2v) is 7.54. The molecule has 27 heavy (non-hydrogen) atoms. The van der Waals surface area contributed by atoms with Gasteiger partial charge in [-0.15, -0.1) is 0 Å². The fraction of sp³-hybridized carbons (Fsp3) is 0.600. The molecule has 0 saturated carbocycles. The summed E-state index contributed by atoms with van der Waals surface area (Å²) in [5.41, 5.74) is 0.924. The van der Waals surface area contributed by atoms with Crippen LogP contribution in [-0.2, 0) is 6.54 Å². The van der Waals surface area contributed by atoms with Gasteiger partial charge in [0, 0.05) is 31.2 Å². The number of ether oxygens (including phenoxy) is 1. The number of benzene rings is 1. The van der Waals surface area contributed by atoms with Gasteiger partial charge in [-0.1, -0.05) is 5.16 Å². The molecule has 1 aromatic carbocycles. The number of likely N-dealkylation sites (tertiary alicyclic amines) is 2. The lowest BCUT2D eigenvalue weighted by atomic mass is 9.99. The SMILES string of the molecule is COc1ccc(-c2noc(CN3CCC(N4CCC[C@H](O)C4)CC3)n2)cc1. The molecule has 0 aliphatic carbocycles. The van der Waals surface area contributed by atoms with E-state index in [4.69, 9.17) is 9.26 Å². The minimum atomic E-state index is -0.147. The predicted molar refractivity (Wildman–Crippen MR) is 101 cm³/mol. The summed E-state index contributed by atoms with van der Waals surface area (Å²) in [6.07, 6.45) is 4.17. The van der Waals surface area contributed by atoms with Gasteiger partial charge < -0.3 is 14.4 Å². The summed E-state index contributed by atoms with van der Waals surface area (Å²) in [6, 6.07) is 8.26. The lowest BCUT2D eigenvalue weighted by Gasteiger charge is -2.41. The molecule has 2 aliphatic heterocycles. The molecule has 0 unspecified atom stereocenters. The molecule has 146 valence electrons. The Morgan fingerprint density at radius 2 is 1.93 bits per heavy atom. The number of rotatable bonds is 5. The van der Waals surface area contributed by atoms with Crippen LogP contribution in [0.2, 0.25) is 0 Å². The fourth-order valence-corrected chi connectivity index (χ4v) is 4.13. The van der Waals surface area contributed by atoms with Crippen molar-refractivity contribution in [2.45, 2.75) is 44.4 Å². The highest BCUT2D eigenvalue weighted by Crippen LogP contribution is 2.23. The molecule has 2 aromatic rings. The molecule has 2 fully saturated rings. The Kier molecular flexibility index (Phi) is 5.71. The molecular weight excluding hydrogens is 344 g/mol. The van der Waals surface area contributed by atoms with Crippen LogP contribution in [0.4, 0.5) is 0 Å². The van der Waals surface area contributed by atoms with Gasteiger partial charge in [0.25, 0.3) is 0 Å². The summed E-state index contributed by atoms with van der Waals surface area (Å²) in [4.78, 5) is 9.39. The lowest BCUT2D eigenvalue weighted by Crippen LogP contribution is -2.49. The Balaban J connectivity index is 1.30. The first-order valence-corrected chi connectivity index (χ1v) is 9.83. The quantitative estimate of drug-likeness (QED) is 0.862. The average Bonchev–Trinajstić information content (AvgIpc) is 3.17. The van der Waals surface area contributed by atoms with Crippen molar-refractivity contribution < 1.29 is 14.4 Å². The van der Waals surface area contributed by atoms with E-state index in [0.717, 1.165) is 63.2 Å². The Labute approximate surface area is 159 Å². The van der Waals surface area contributed by atoms with Gasteiger partial charge in [-0.05, 0) is 56.5 Å². The molecule has 1 atom stereocenters. The maximum Gasteiger partial charge on any atom is 0.241 e. The Bertz CT molecular complexity index is 725. The van der Waals surface area contributed by atoms with Crippen molar-refractivity contribution in [3.63, 3.8) is 0 Å². The normalized spacial score (nSPS) is 22.8. The summed E-state index contributed by atoms with van der Waals surface area (Å²) < 4.78 is 10.6. The van der Waals surface area contributed by atoms with Crippen molar-refractivity contribution in [3.05, 3.63) is 30.2 Å². The van der Waals surface area contributed by atoms with Gasteiger partial charge >= 0.3 is 0 Å². The van der Waals surface area contributed by atoms with E-state index >= 15 is 0 Å². The second kappa shape index (κ2) is 8.37. The highest BCUT2D eigenvalue weighted by Gasteiger charge is 2.28. The zero-order valence-corrected chi connectivity index (χ0v) is 15.9. The van der Waals surface area contributed by atoms with Crippen LogP contribution in [0.3, 0.4) is 0 Å². The predicted octanol–water partition coefficient (Wildman–Crippen LogP) is 2.17. The number of hydrogen-bond donors (Lipinski definition) is 1. The Morgan fingerprint density at radius 3 is 2.63 bits per heavy atom. The van der Waals surface area contributed by atoms with Crippen LogP contribution in [0, 0.1) is 0 Å². The first-order valence-electron chi connectivity index (χ1n) is 9.83. The summed E-state index contributed by atoms with van der Waals surface area (Å²) in [5.74, 6) is 2.09. The maximum atomic E-state index is 9.90. The third-order valence-corrected chi connectivity index (χ3v) is 5.68. The lowest BCUT2D eigenvalue weighted by molar-refractivity contribution is 0.0231. The summed E-state index contributed by atoms with van der Waals surface area (Å²) in [5, 5.41) is 14.0. The number of hydrogen-bond acceptors (Lipinski definition) is 7. The fourth-order valence-electron chi connectivity index (χ4n) is 4.13. The number of nitrogens with zero attached hydrogens (tertiary/aromatic N) is 4. The number of piperidine rings is 2. The summed E-state index contributed by atoms with van der Waals surface area (Å²) in [6.45, 7) is 4.70. The van der Waals surface area contributed by atoms with Crippen LogP contribution < -0.4 is 4.74 Å². The van der Waals surface area contributed by atoms with Crippen LogP contribution in [0.15, 0.2) is 28.8 Å². The zero-order chi connectivity index (χ0) is 18.6. The molecule has 0 spiro atoms. The molecule has 7 nitrogen and oxygen atoms in total. The van der Waals surface area contributed by atoms with E-state index in [0.29, 0.717) is 24.3 Å². The van der Waals surface area contributed by atoms with Gasteiger partial charge in [-0.3, -0.25) is 9.80 Å². The molecule has 3 heterocycles. The van der Waals surface area contributed by atoms with Crippen LogP contribution in [0.25, 0.3) is 11.4 Å². The molecule has 0 amide bonds. The van der Waals surface area contributed by atoms with Crippen LogP contribution in [0.5, 0.6) is 5.75 Å². The Hall–Kier alpha value is -1.96. The largest absolute Gasteiger partial charge is 0.497 e. The molecule has 1 aromatic heterocycles. The third-order valence-electron chi connectivity index (χ3n) is 5.68. The van der Waals surface area contributed by atoms with Crippen molar-refractivity contribution >= 4 is 0 Å². The summed E-state index contributed by atoms with van der Waals surface area (Å²) in [7, 11) is 1.65. The van der Waals surface area contributed by atoms with Crippen molar-refractivity contribution in [3.8, 4) is 17.1 Å². The first-order chi connectivity index (χ1) is 13.2. The van der Waals surface area contributed by atoms with Gasteiger partial charge in [-0.25, -0.2) is 0 Å². The van der Waals surface area contributed by atoms with Crippen molar-refractivity contribution in [1.82, 2.24) is 19.9 Å². The van der Waals surface area contributed by atoms with Gasteiger partial charge in [-0.2, -0.15) is 4.98 Å². The molecular formula is C20H28N4O3. The minimum absolute atomic E-state index is 0.147. The van der Waals surface area contributed by atoms with Crippen LogP contribution in [0.1, 0.15) is 31.6 Å². The molecule has 1 N–H and O–H groups in total. The summed E-state index contributed by atoms with van der Waals surface area (Å²) >= 11 is 0. The van der Waals surface area contributed by atoms with E-state index in [1.807, 2.05) is 24.3 Å². The van der Waals surface area contributed by atoms with Gasteiger partial charge in [0.1, 0.15) is 5.75 Å². The maximum absolute atomic E-state index is 9.90. The molecule has 0 bridgehead atoms. The van der Waals surface area contributed by atoms with Crippen molar-refractivity contribution in [2.75, 3.05) is 33.3 Å². The number of methoxy groups -OCH3 is 1. The highest BCUT2D eigenvalue weighted by atomic mass is 16.5. The molecule has 0 radical (unpaired) electrons. The number of β-amino-alcohol motifs (C(OH)–C–C–N with tert-alkyl or cyclic N) is 1. The molecule has 2 saturated heterocycles. The highest BCUT2D eigenvalue weighted by molar-refractivity contribution is 5.55. The standard InChI is InChI=1S/C20H28N4O3/c1-26-18-6-4-15(5-7-18)20-21-19(27-22-20)14-23-11-8-16(9-12-23)24-10-2-3-17(25)13-24/h4-7,16-17,25H,2-3,8-14H2,1H3/t17-/m0/s1. The van der Waals surface area contributed by atoms with E-state index in [1.165, 1.54) is 0 Å². The van der Waals surface area contributed by atoms with E-state index < -0.39 is 0 Å². The zero-order valence-electron chi connectivity index (χ0n) is 15.9. The van der Waals surface area contributed by atoms with E-state index in [-0.39, 0.29) is 6.10 Å². The Morgan fingerprint density at radius 1 is 1.15 bits per heavy atom. The monoisotopic (exact) mass is 372 g/mol. The number of aliphatic hydroxyl groups excluding tert-OH is 1. The smallest absolute Gasteiger partial charge is 0.241 e. The van der Waals surface area contributed by atoms with E-state index in [2.05, 4.69) is 19.9 Å². The van der Waals surface area contributed by atoms with E-state index in [1.54, 1.807) is 7.11 Å². The molecule has 2 aliphatic rings. The minimum Gasteiger partial charge on any atom is -0.497 e. The van der Waals surface area contributed by atoms with Gasteiger partial charge in [0.2, 0.25) is 11.7 Å².